The summed E-state index contributed by atoms with van der Waals surface area (Å²) < 4.78 is 13.1. The Morgan fingerprint density at radius 2 is 0.781 bits per heavy atom. The molecule has 0 saturated heterocycles. The summed E-state index contributed by atoms with van der Waals surface area (Å²) in [5.74, 6) is 0. The van der Waals surface area contributed by atoms with E-state index < -0.39 is 5.41 Å². The molecular weight excluding hydrogens is 889 g/mol. The molecule has 0 atom stereocenters. The van der Waals surface area contributed by atoms with Crippen molar-refractivity contribution in [1.82, 2.24) is 0 Å². The number of furan rings is 2. The molecular formula is C69H42N2O2. The molecule has 2 heterocycles. The summed E-state index contributed by atoms with van der Waals surface area (Å²) >= 11 is 0. The van der Waals surface area contributed by atoms with Crippen molar-refractivity contribution in [3.05, 3.63) is 277 Å². The minimum Gasteiger partial charge on any atom is -0.456 e. The van der Waals surface area contributed by atoms with E-state index in [1.165, 1.54) is 66.1 Å². The highest BCUT2D eigenvalue weighted by molar-refractivity contribution is 6.18. The molecule has 0 bridgehead atoms. The van der Waals surface area contributed by atoms with Crippen LogP contribution in [-0.2, 0) is 5.41 Å². The van der Waals surface area contributed by atoms with E-state index in [2.05, 4.69) is 259 Å². The molecule has 0 aliphatic heterocycles. The van der Waals surface area contributed by atoms with Gasteiger partial charge in [-0.1, -0.05) is 164 Å². The molecule has 12 aromatic carbocycles. The van der Waals surface area contributed by atoms with Crippen LogP contribution in [0, 0.1) is 0 Å². The Labute approximate surface area is 420 Å². The molecule has 14 aromatic rings. The van der Waals surface area contributed by atoms with Crippen LogP contribution < -0.4 is 9.80 Å². The summed E-state index contributed by atoms with van der Waals surface area (Å²) in [6, 6.07) is 93.0. The standard InChI is InChI=1S/C69H42N2O2/c1-3-19-45(20-4-1)70(59-31-17-35-64-67(59)52-27-11-15-33-62(52)72-64)47-38-37-43-40-54-57(41-44(43)39-47)69(55-29-13-9-23-48(55)49-24-10-14-30-56(49)69)58-42-61(50-25-7-8-26-51(50)66(54)58)71(46-21-5-2-6-22-46)60-32-18-36-65-68(60)53-28-12-16-34-63(53)73-65/h1-42H. The zero-order valence-electron chi connectivity index (χ0n) is 39.5. The summed E-state index contributed by atoms with van der Waals surface area (Å²) in [6.45, 7) is 0. The Morgan fingerprint density at radius 3 is 1.41 bits per heavy atom. The molecule has 2 aliphatic rings. The lowest BCUT2D eigenvalue weighted by Gasteiger charge is -2.33. The van der Waals surface area contributed by atoms with Gasteiger partial charge in [-0.25, -0.2) is 0 Å². The summed E-state index contributed by atoms with van der Waals surface area (Å²) in [5, 5.41) is 9.11. The van der Waals surface area contributed by atoms with E-state index in [1.54, 1.807) is 0 Å². The van der Waals surface area contributed by atoms with E-state index in [9.17, 15) is 0 Å². The van der Waals surface area contributed by atoms with Crippen LogP contribution in [0.15, 0.2) is 264 Å². The van der Waals surface area contributed by atoms with Gasteiger partial charge in [0.05, 0.1) is 33.2 Å². The highest BCUT2D eigenvalue weighted by Crippen LogP contribution is 2.65. The highest BCUT2D eigenvalue weighted by Gasteiger charge is 2.52. The minimum atomic E-state index is -0.641. The molecule has 16 rings (SSSR count). The molecule has 2 aromatic heterocycles. The highest BCUT2D eigenvalue weighted by atomic mass is 16.3. The van der Waals surface area contributed by atoms with Crippen molar-refractivity contribution in [2.75, 3.05) is 9.80 Å². The predicted molar refractivity (Wildman–Crippen MR) is 302 cm³/mol. The van der Waals surface area contributed by atoms with Gasteiger partial charge in [-0.3, -0.25) is 0 Å². The second-order valence-corrected chi connectivity index (χ2v) is 19.5. The number of anilines is 6. The van der Waals surface area contributed by atoms with E-state index in [0.717, 1.165) is 78.0 Å². The van der Waals surface area contributed by atoms with Crippen LogP contribution in [-0.4, -0.2) is 0 Å². The van der Waals surface area contributed by atoms with Crippen molar-refractivity contribution in [3.8, 4) is 22.3 Å². The average Bonchev–Trinajstić information content (AvgIpc) is 4.20. The Morgan fingerprint density at radius 1 is 0.274 bits per heavy atom. The molecule has 0 radical (unpaired) electrons. The van der Waals surface area contributed by atoms with Crippen LogP contribution in [0.5, 0.6) is 0 Å². The summed E-state index contributed by atoms with van der Waals surface area (Å²) in [5.41, 5.74) is 19.5. The van der Waals surface area contributed by atoms with Gasteiger partial charge in [0.2, 0.25) is 0 Å². The first-order valence-electron chi connectivity index (χ1n) is 25.1. The Bertz CT molecular complexity index is 4540. The Hall–Kier alpha value is -9.64. The quantitative estimate of drug-likeness (QED) is 0.166. The van der Waals surface area contributed by atoms with Crippen molar-refractivity contribution in [3.63, 3.8) is 0 Å². The maximum Gasteiger partial charge on any atom is 0.137 e. The molecule has 73 heavy (non-hydrogen) atoms. The van der Waals surface area contributed by atoms with Crippen molar-refractivity contribution < 1.29 is 8.83 Å². The normalized spacial score (nSPS) is 13.0. The van der Waals surface area contributed by atoms with Gasteiger partial charge < -0.3 is 18.6 Å². The second kappa shape index (κ2) is 15.2. The predicted octanol–water partition coefficient (Wildman–Crippen LogP) is 19.1. The molecule has 0 N–H and O–H groups in total. The maximum atomic E-state index is 6.58. The fourth-order valence-electron chi connectivity index (χ4n) is 12.9. The van der Waals surface area contributed by atoms with Gasteiger partial charge in [-0.05, 0) is 152 Å². The van der Waals surface area contributed by atoms with Gasteiger partial charge in [0, 0.05) is 33.2 Å². The zero-order chi connectivity index (χ0) is 47.8. The number of fused-ring (bicyclic) bond motifs is 19. The van der Waals surface area contributed by atoms with Crippen molar-refractivity contribution in [2.24, 2.45) is 0 Å². The van der Waals surface area contributed by atoms with Gasteiger partial charge in [0.25, 0.3) is 0 Å². The van der Waals surface area contributed by atoms with Gasteiger partial charge >= 0.3 is 0 Å². The smallest absolute Gasteiger partial charge is 0.137 e. The fourth-order valence-corrected chi connectivity index (χ4v) is 12.9. The van der Waals surface area contributed by atoms with Gasteiger partial charge in [-0.2, -0.15) is 0 Å². The lowest BCUT2D eigenvalue weighted by atomic mass is 9.70. The molecule has 0 fully saturated rings. The topological polar surface area (TPSA) is 32.8 Å². The maximum absolute atomic E-state index is 6.58. The third kappa shape index (κ3) is 5.55. The molecule has 0 amide bonds. The lowest BCUT2D eigenvalue weighted by molar-refractivity contribution is 0.668. The molecule has 0 saturated carbocycles. The number of benzene rings is 12. The Kier molecular flexibility index (Phi) is 8.35. The summed E-state index contributed by atoms with van der Waals surface area (Å²) in [6.07, 6.45) is 0. The summed E-state index contributed by atoms with van der Waals surface area (Å²) in [4.78, 5) is 4.87. The number of para-hydroxylation sites is 4. The largest absolute Gasteiger partial charge is 0.456 e. The minimum absolute atomic E-state index is 0.641. The fraction of sp³-hybridized carbons (Fsp3) is 0.0145. The van der Waals surface area contributed by atoms with Gasteiger partial charge in [0.15, 0.2) is 0 Å². The first-order valence-corrected chi connectivity index (χ1v) is 25.1. The van der Waals surface area contributed by atoms with Crippen LogP contribution >= 0.6 is 0 Å². The van der Waals surface area contributed by atoms with Gasteiger partial charge in [-0.15, -0.1) is 0 Å². The SMILES string of the molecule is c1ccc(N(c2ccc3cc4c(cc3c2)C2(c3ccccc3-c3ccccc32)c2cc(N(c3ccccc3)c3cccc5oc6ccccc6c35)c3ccccc3c2-4)c2cccc3oc4ccccc4c23)cc1. The van der Waals surface area contributed by atoms with E-state index in [4.69, 9.17) is 8.83 Å². The number of hydrogen-bond donors (Lipinski definition) is 0. The number of nitrogens with zero attached hydrogens (tertiary/aromatic N) is 2. The second-order valence-electron chi connectivity index (χ2n) is 19.5. The molecule has 1 spiro atoms. The van der Waals surface area contributed by atoms with E-state index >= 15 is 0 Å². The first kappa shape index (κ1) is 40.1. The molecule has 340 valence electrons. The average molecular weight is 931 g/mol. The van der Waals surface area contributed by atoms with E-state index in [0.29, 0.717) is 0 Å². The molecule has 0 unspecified atom stereocenters. The van der Waals surface area contributed by atoms with Crippen molar-refractivity contribution >= 4 is 99.5 Å². The first-order chi connectivity index (χ1) is 36.2. The molecule has 2 aliphatic carbocycles. The van der Waals surface area contributed by atoms with E-state index in [1.807, 2.05) is 6.07 Å². The molecule has 4 nitrogen and oxygen atoms in total. The number of hydrogen-bond acceptors (Lipinski definition) is 4. The monoisotopic (exact) mass is 930 g/mol. The van der Waals surface area contributed by atoms with E-state index in [-0.39, 0.29) is 0 Å². The van der Waals surface area contributed by atoms with Crippen LogP contribution in [0.4, 0.5) is 34.1 Å². The third-order valence-corrected chi connectivity index (χ3v) is 15.8. The Balaban J connectivity index is 0.995. The van der Waals surface area contributed by atoms with Crippen LogP contribution in [0.2, 0.25) is 0 Å². The third-order valence-electron chi connectivity index (χ3n) is 15.8. The number of rotatable bonds is 6. The van der Waals surface area contributed by atoms with Crippen LogP contribution in [0.1, 0.15) is 22.3 Å². The lowest BCUT2D eigenvalue weighted by Crippen LogP contribution is -2.26. The van der Waals surface area contributed by atoms with Crippen molar-refractivity contribution in [1.29, 1.82) is 0 Å². The van der Waals surface area contributed by atoms with Crippen LogP contribution in [0.25, 0.3) is 87.7 Å². The van der Waals surface area contributed by atoms with Crippen molar-refractivity contribution in [2.45, 2.75) is 5.41 Å². The van der Waals surface area contributed by atoms with Crippen LogP contribution in [0.3, 0.4) is 0 Å². The summed E-state index contributed by atoms with van der Waals surface area (Å²) in [7, 11) is 0. The molecule has 4 heteroatoms. The zero-order valence-corrected chi connectivity index (χ0v) is 39.5. The van der Waals surface area contributed by atoms with Gasteiger partial charge in [0.1, 0.15) is 22.3 Å².